The van der Waals surface area contributed by atoms with Crippen molar-refractivity contribution in [2.75, 3.05) is 0 Å². The second-order valence-electron chi connectivity index (χ2n) is 9.87. The molecular weight excluding hydrogens is 600 g/mol. The third-order valence-corrected chi connectivity index (χ3v) is 7.24. The zero-order valence-electron chi connectivity index (χ0n) is 23.9. The maximum absolute atomic E-state index is 14.3. The third kappa shape index (κ3) is 6.76. The minimum Gasteiger partial charge on any atom is -0.206 e. The summed E-state index contributed by atoms with van der Waals surface area (Å²) in [5, 5.41) is 15.9. The van der Waals surface area contributed by atoms with Gasteiger partial charge in [0.1, 0.15) is 23.3 Å². The van der Waals surface area contributed by atoms with Gasteiger partial charge in [0.05, 0.1) is 28.2 Å². The van der Waals surface area contributed by atoms with Crippen molar-refractivity contribution in [2.24, 2.45) is 0 Å². The summed E-state index contributed by atoms with van der Waals surface area (Å²) in [5.74, 6) is -2.58. The van der Waals surface area contributed by atoms with E-state index in [9.17, 15) is 17.6 Å². The normalized spacial score (nSPS) is 10.5. The largest absolute Gasteiger partial charge is 0.206 e. The molecule has 0 fully saturated rings. The van der Waals surface area contributed by atoms with Crippen LogP contribution >= 0.6 is 11.6 Å². The molecule has 0 aliphatic rings. The average Bonchev–Trinajstić information content (AvgIpc) is 3.01. The number of rotatable bonds is 4. The van der Waals surface area contributed by atoms with Crippen LogP contribution in [0.3, 0.4) is 0 Å². The minimum atomic E-state index is -0.688. The van der Waals surface area contributed by atoms with Crippen molar-refractivity contribution in [2.45, 2.75) is 28.2 Å². The molecule has 0 saturated heterocycles. The average molecular weight is 629 g/mol. The Morgan fingerprint density at radius 2 is 0.733 bits per heavy atom. The van der Waals surface area contributed by atoms with Crippen LogP contribution < -0.4 is 0 Å². The van der Waals surface area contributed by atoms with E-state index in [1.54, 1.807) is 20.8 Å². The predicted molar refractivity (Wildman–Crippen MR) is 172 cm³/mol. The molecule has 45 heavy (non-hydrogen) atoms. The Morgan fingerprint density at radius 3 is 1.16 bits per heavy atom. The first-order valence-electron chi connectivity index (χ1n) is 13.5. The summed E-state index contributed by atoms with van der Waals surface area (Å²) in [4.78, 5) is 0. The lowest BCUT2D eigenvalue weighted by Crippen LogP contribution is -2.02. The van der Waals surface area contributed by atoms with Crippen molar-refractivity contribution in [3.8, 4) is 44.5 Å². The van der Waals surface area contributed by atoms with Gasteiger partial charge in [-0.1, -0.05) is 91.8 Å². The van der Waals surface area contributed by atoms with Gasteiger partial charge in [0.15, 0.2) is 5.15 Å². The molecule has 0 atom stereocenters. The fourth-order valence-electron chi connectivity index (χ4n) is 5.04. The van der Waals surface area contributed by atoms with Gasteiger partial charge in [0.2, 0.25) is 0 Å². The second kappa shape index (κ2) is 14.2. The van der Waals surface area contributed by atoms with Crippen LogP contribution in [-0.2, 0) is 0 Å². The quantitative estimate of drug-likeness (QED) is 0.182. The molecular formula is C36H29ClF4N4. The number of benzene rings is 4. The number of aromatic nitrogens is 4. The second-order valence-corrected chi connectivity index (χ2v) is 10.2. The minimum absolute atomic E-state index is 0. The van der Waals surface area contributed by atoms with Crippen LogP contribution in [0.1, 0.15) is 24.5 Å². The lowest BCUT2D eigenvalue weighted by molar-refractivity contribution is 0.588. The number of aryl methyl sites for hydroxylation is 3. The van der Waals surface area contributed by atoms with Crippen LogP contribution in [0.5, 0.6) is 0 Å². The van der Waals surface area contributed by atoms with Gasteiger partial charge in [-0.25, -0.2) is 17.6 Å². The van der Waals surface area contributed by atoms with Gasteiger partial charge in [-0.2, -0.15) is 15.3 Å². The number of hydrogen-bond acceptors (Lipinski definition) is 4. The molecule has 6 aromatic rings. The molecule has 0 radical (unpaired) electrons. The monoisotopic (exact) mass is 628 g/mol. The Hall–Kier alpha value is -4.95. The highest BCUT2D eigenvalue weighted by atomic mass is 35.5. The van der Waals surface area contributed by atoms with Crippen molar-refractivity contribution >= 4 is 11.6 Å². The molecule has 228 valence electrons. The summed E-state index contributed by atoms with van der Waals surface area (Å²) in [6, 6.07) is 26.2. The molecule has 0 N–H and O–H groups in total. The van der Waals surface area contributed by atoms with Crippen LogP contribution in [-0.4, -0.2) is 20.4 Å². The van der Waals surface area contributed by atoms with Gasteiger partial charge >= 0.3 is 0 Å². The Morgan fingerprint density at radius 1 is 0.400 bits per heavy atom. The molecule has 4 nitrogen and oxygen atoms in total. The smallest absolute Gasteiger partial charge is 0.160 e. The highest BCUT2D eigenvalue weighted by Gasteiger charge is 2.23. The van der Waals surface area contributed by atoms with Gasteiger partial charge in [0.25, 0.3) is 0 Å². The summed E-state index contributed by atoms with van der Waals surface area (Å²) in [7, 11) is 0. The molecule has 0 aliphatic carbocycles. The molecule has 2 aromatic heterocycles. The molecule has 0 saturated carbocycles. The van der Waals surface area contributed by atoms with Crippen molar-refractivity contribution in [3.63, 3.8) is 0 Å². The van der Waals surface area contributed by atoms with Gasteiger partial charge in [-0.05, 0) is 56.2 Å². The third-order valence-electron chi connectivity index (χ3n) is 6.98. The van der Waals surface area contributed by atoms with E-state index in [-0.39, 0.29) is 29.3 Å². The SMILES string of the molecule is C.Cc1nnc(C)c(-c2c(F)cccc2F)c1-c1ccccc1.Cc1nnc(Cl)c(-c2c(F)cccc2F)c1-c1ccccc1. The predicted octanol–water partition coefficient (Wildman–Crippen LogP) is 10.4. The Kier molecular flexibility index (Phi) is 10.4. The maximum Gasteiger partial charge on any atom is 0.160 e. The standard InChI is InChI=1S/C18H14F2N2.C17H11ClF2N2.CH4/c1-11-16(13-7-4-3-5-8-13)17(12(2)22-21-11)18-14(19)9-6-10-15(18)20;1-10-14(11-6-3-2-4-7-11)16(17(18)22-21-10)15-12(19)8-5-9-13(15)20;/h3-10H,1-2H3;2-9H,1H3;1H4. The molecule has 2 heterocycles. The number of halogens is 5. The zero-order valence-corrected chi connectivity index (χ0v) is 24.7. The first kappa shape index (κ1) is 33.0. The molecule has 0 bridgehead atoms. The van der Waals surface area contributed by atoms with E-state index < -0.39 is 23.3 Å². The van der Waals surface area contributed by atoms with E-state index in [0.29, 0.717) is 33.8 Å². The fourth-order valence-corrected chi connectivity index (χ4v) is 5.26. The first-order chi connectivity index (χ1) is 21.2. The van der Waals surface area contributed by atoms with E-state index in [2.05, 4.69) is 20.4 Å². The maximum atomic E-state index is 14.3. The Bertz CT molecular complexity index is 1770. The Labute approximate surface area is 264 Å². The van der Waals surface area contributed by atoms with Crippen LogP contribution in [0.2, 0.25) is 5.15 Å². The van der Waals surface area contributed by atoms with Crippen LogP contribution in [0.15, 0.2) is 97.1 Å². The van der Waals surface area contributed by atoms with E-state index in [4.69, 9.17) is 11.6 Å². The van der Waals surface area contributed by atoms with Crippen LogP contribution in [0, 0.1) is 44.0 Å². The topological polar surface area (TPSA) is 51.6 Å². The summed E-state index contributed by atoms with van der Waals surface area (Å²) in [5.41, 5.74) is 5.01. The fraction of sp³-hybridized carbons (Fsp3) is 0.111. The molecule has 0 amide bonds. The van der Waals surface area contributed by atoms with E-state index in [0.717, 1.165) is 11.1 Å². The van der Waals surface area contributed by atoms with Crippen LogP contribution in [0.25, 0.3) is 44.5 Å². The van der Waals surface area contributed by atoms with Crippen molar-refractivity contribution < 1.29 is 17.6 Å². The summed E-state index contributed by atoms with van der Waals surface area (Å²) in [6.07, 6.45) is 0. The highest BCUT2D eigenvalue weighted by molar-refractivity contribution is 6.32. The van der Waals surface area contributed by atoms with E-state index in [1.165, 1.54) is 36.4 Å². The van der Waals surface area contributed by atoms with E-state index >= 15 is 0 Å². The Balaban J connectivity index is 0.000000200. The van der Waals surface area contributed by atoms with Gasteiger partial charge in [0, 0.05) is 22.3 Å². The summed E-state index contributed by atoms with van der Waals surface area (Å²) >= 11 is 6.12. The molecule has 4 aromatic carbocycles. The van der Waals surface area contributed by atoms with E-state index in [1.807, 2.05) is 60.7 Å². The summed E-state index contributed by atoms with van der Waals surface area (Å²) < 4.78 is 56.9. The van der Waals surface area contributed by atoms with Gasteiger partial charge in [-0.3, -0.25) is 0 Å². The number of hydrogen-bond donors (Lipinski definition) is 0. The van der Waals surface area contributed by atoms with Crippen LogP contribution in [0.4, 0.5) is 17.6 Å². The van der Waals surface area contributed by atoms with Gasteiger partial charge < -0.3 is 0 Å². The lowest BCUT2D eigenvalue weighted by Gasteiger charge is -2.15. The van der Waals surface area contributed by atoms with Crippen molar-refractivity contribution in [3.05, 3.63) is 143 Å². The zero-order chi connectivity index (χ0) is 31.4. The molecule has 0 spiro atoms. The molecule has 6 rings (SSSR count). The molecule has 0 aliphatic heterocycles. The first-order valence-corrected chi connectivity index (χ1v) is 13.9. The summed E-state index contributed by atoms with van der Waals surface area (Å²) in [6.45, 7) is 5.23. The highest BCUT2D eigenvalue weighted by Crippen LogP contribution is 2.40. The van der Waals surface area contributed by atoms with Crippen molar-refractivity contribution in [1.29, 1.82) is 0 Å². The van der Waals surface area contributed by atoms with Crippen molar-refractivity contribution in [1.82, 2.24) is 20.4 Å². The lowest BCUT2D eigenvalue weighted by atomic mass is 9.92. The molecule has 9 heteroatoms. The number of nitrogens with zero attached hydrogens (tertiary/aromatic N) is 4. The van der Waals surface area contributed by atoms with Gasteiger partial charge in [-0.15, -0.1) is 5.10 Å². The molecule has 0 unspecified atom stereocenters.